The van der Waals surface area contributed by atoms with Gasteiger partial charge in [0, 0.05) is 30.1 Å². The van der Waals surface area contributed by atoms with Crippen molar-refractivity contribution in [2.75, 3.05) is 38.5 Å². The van der Waals surface area contributed by atoms with Crippen LogP contribution in [0.1, 0.15) is 11.1 Å². The zero-order valence-electron chi connectivity index (χ0n) is 16.0. The molecule has 8 heteroatoms. The molecule has 146 valence electrons. The van der Waals surface area contributed by atoms with E-state index in [2.05, 4.69) is 9.97 Å². The van der Waals surface area contributed by atoms with Gasteiger partial charge in [0.25, 0.3) is 0 Å². The summed E-state index contributed by atoms with van der Waals surface area (Å²) < 4.78 is 15.9. The van der Waals surface area contributed by atoms with Crippen molar-refractivity contribution in [3.63, 3.8) is 0 Å². The number of benzene rings is 2. The van der Waals surface area contributed by atoms with Crippen LogP contribution in [0.4, 0.5) is 11.8 Å². The molecule has 0 spiro atoms. The van der Waals surface area contributed by atoms with E-state index in [0.717, 1.165) is 24.1 Å². The molecule has 0 atom stereocenters. The number of nitrogens with two attached hydrogens (primary N) is 1. The zero-order valence-corrected chi connectivity index (χ0v) is 16.0. The van der Waals surface area contributed by atoms with Crippen molar-refractivity contribution >= 4 is 22.7 Å². The predicted octanol–water partition coefficient (Wildman–Crippen LogP) is 2.51. The van der Waals surface area contributed by atoms with Crippen molar-refractivity contribution in [2.24, 2.45) is 0 Å². The largest absolute Gasteiger partial charge is 0.504 e. The molecule has 1 aromatic heterocycles. The summed E-state index contributed by atoms with van der Waals surface area (Å²) in [4.78, 5) is 11.2. The number of phenols is 1. The Morgan fingerprint density at radius 2 is 1.71 bits per heavy atom. The van der Waals surface area contributed by atoms with Crippen molar-refractivity contribution in [1.29, 1.82) is 0 Å². The summed E-state index contributed by atoms with van der Waals surface area (Å²) in [6.07, 6.45) is 0.764. The molecule has 0 fully saturated rings. The molecule has 3 aromatic rings. The first-order valence-electron chi connectivity index (χ1n) is 8.87. The fourth-order valence-electron chi connectivity index (χ4n) is 3.54. The second-order valence-electron chi connectivity index (χ2n) is 6.56. The van der Waals surface area contributed by atoms with E-state index in [1.165, 1.54) is 7.11 Å². The number of nitrogen functional groups attached to an aromatic ring is 1. The number of hydrogen-bond donors (Lipinski definition) is 2. The van der Waals surface area contributed by atoms with Crippen molar-refractivity contribution in [3.8, 4) is 23.0 Å². The predicted molar refractivity (Wildman–Crippen MR) is 106 cm³/mol. The number of methoxy groups -OCH3 is 3. The molecular formula is C20H22N4O4. The Labute approximate surface area is 162 Å². The minimum absolute atomic E-state index is 0.157. The standard InChI is InChI=1S/C20H22N4O4/c1-26-15-5-4-11-6-7-24(10-13(11)18(15)25)20-22-14-9-17(28-3)16(27-2)8-12(14)19(21)23-20/h4-5,8-9,25H,6-7,10H2,1-3H3,(H2,21,22,23). The van der Waals surface area contributed by atoms with Crippen LogP contribution < -0.4 is 24.8 Å². The molecule has 28 heavy (non-hydrogen) atoms. The highest BCUT2D eigenvalue weighted by Crippen LogP contribution is 2.38. The number of anilines is 2. The van der Waals surface area contributed by atoms with Crippen LogP contribution in [0.5, 0.6) is 23.0 Å². The molecule has 1 aliphatic rings. The molecule has 0 saturated heterocycles. The van der Waals surface area contributed by atoms with Gasteiger partial charge in [-0.25, -0.2) is 4.98 Å². The van der Waals surface area contributed by atoms with Crippen LogP contribution in [0.2, 0.25) is 0 Å². The SMILES string of the molecule is COc1cc2nc(N3CCc4ccc(OC)c(O)c4C3)nc(N)c2cc1OC. The van der Waals surface area contributed by atoms with Crippen molar-refractivity contribution < 1.29 is 19.3 Å². The Kier molecular flexibility index (Phi) is 4.46. The number of aromatic hydroxyl groups is 1. The van der Waals surface area contributed by atoms with E-state index in [1.807, 2.05) is 11.0 Å². The maximum atomic E-state index is 10.5. The number of hydrogen-bond acceptors (Lipinski definition) is 8. The lowest BCUT2D eigenvalue weighted by Crippen LogP contribution is -2.32. The Morgan fingerprint density at radius 3 is 2.43 bits per heavy atom. The van der Waals surface area contributed by atoms with Crippen molar-refractivity contribution in [3.05, 3.63) is 35.4 Å². The smallest absolute Gasteiger partial charge is 0.228 e. The number of fused-ring (bicyclic) bond motifs is 2. The minimum Gasteiger partial charge on any atom is -0.504 e. The van der Waals surface area contributed by atoms with Gasteiger partial charge in [-0.2, -0.15) is 4.98 Å². The first-order valence-corrected chi connectivity index (χ1v) is 8.87. The van der Waals surface area contributed by atoms with E-state index in [1.54, 1.807) is 32.4 Å². The lowest BCUT2D eigenvalue weighted by atomic mass is 9.98. The maximum Gasteiger partial charge on any atom is 0.228 e. The maximum absolute atomic E-state index is 10.5. The van der Waals surface area contributed by atoms with Gasteiger partial charge in [-0.05, 0) is 24.1 Å². The van der Waals surface area contributed by atoms with E-state index < -0.39 is 0 Å². The van der Waals surface area contributed by atoms with Crippen LogP contribution in [0.15, 0.2) is 24.3 Å². The molecule has 0 amide bonds. The molecule has 0 saturated carbocycles. The summed E-state index contributed by atoms with van der Waals surface area (Å²) in [5.41, 5.74) is 8.78. The first kappa shape index (κ1) is 18.0. The van der Waals surface area contributed by atoms with Gasteiger partial charge in [0.05, 0.1) is 26.8 Å². The second kappa shape index (κ2) is 6.95. The van der Waals surface area contributed by atoms with Crippen LogP contribution in [0.3, 0.4) is 0 Å². The molecule has 0 unspecified atom stereocenters. The van der Waals surface area contributed by atoms with Gasteiger partial charge in [0.2, 0.25) is 5.95 Å². The molecule has 1 aliphatic heterocycles. The summed E-state index contributed by atoms with van der Waals surface area (Å²) in [5.74, 6) is 2.63. The average molecular weight is 382 g/mol. The van der Waals surface area contributed by atoms with Crippen molar-refractivity contribution in [1.82, 2.24) is 9.97 Å². The Hall–Kier alpha value is -3.42. The molecule has 0 bridgehead atoms. The van der Waals surface area contributed by atoms with Gasteiger partial charge < -0.3 is 30.0 Å². The Balaban J connectivity index is 1.76. The Morgan fingerprint density at radius 1 is 1.00 bits per heavy atom. The molecule has 2 aromatic carbocycles. The number of aromatic nitrogens is 2. The van der Waals surface area contributed by atoms with Crippen LogP contribution in [-0.4, -0.2) is 42.9 Å². The fraction of sp³-hybridized carbons (Fsp3) is 0.300. The third-order valence-electron chi connectivity index (χ3n) is 5.06. The number of nitrogens with zero attached hydrogens (tertiary/aromatic N) is 3. The van der Waals surface area contributed by atoms with Crippen LogP contribution >= 0.6 is 0 Å². The summed E-state index contributed by atoms with van der Waals surface area (Å²) in [6, 6.07) is 7.33. The number of ether oxygens (including phenoxy) is 3. The van der Waals surface area contributed by atoms with E-state index in [-0.39, 0.29) is 5.75 Å². The molecule has 0 aliphatic carbocycles. The third kappa shape index (κ3) is 2.87. The van der Waals surface area contributed by atoms with E-state index in [9.17, 15) is 5.11 Å². The topological polar surface area (TPSA) is 103 Å². The van der Waals surface area contributed by atoms with E-state index in [0.29, 0.717) is 46.5 Å². The normalized spacial score (nSPS) is 13.3. The van der Waals surface area contributed by atoms with Crippen LogP contribution in [-0.2, 0) is 13.0 Å². The highest BCUT2D eigenvalue weighted by Gasteiger charge is 2.24. The number of rotatable bonds is 4. The van der Waals surface area contributed by atoms with E-state index >= 15 is 0 Å². The molecule has 2 heterocycles. The average Bonchev–Trinajstić information content (AvgIpc) is 2.73. The van der Waals surface area contributed by atoms with Gasteiger partial charge in [-0.3, -0.25) is 0 Å². The molecule has 8 nitrogen and oxygen atoms in total. The molecular weight excluding hydrogens is 360 g/mol. The summed E-state index contributed by atoms with van der Waals surface area (Å²) in [5, 5.41) is 11.2. The van der Waals surface area contributed by atoms with Gasteiger partial charge in [-0.15, -0.1) is 0 Å². The third-order valence-corrected chi connectivity index (χ3v) is 5.06. The lowest BCUT2D eigenvalue weighted by molar-refractivity contribution is 0.356. The monoisotopic (exact) mass is 382 g/mol. The summed E-state index contributed by atoms with van der Waals surface area (Å²) in [6.45, 7) is 1.19. The number of phenolic OH excluding ortho intramolecular Hbond substituents is 1. The zero-order chi connectivity index (χ0) is 19.8. The van der Waals surface area contributed by atoms with E-state index in [4.69, 9.17) is 19.9 Å². The summed E-state index contributed by atoms with van der Waals surface area (Å²) >= 11 is 0. The first-order chi connectivity index (χ1) is 13.5. The quantitative estimate of drug-likeness (QED) is 0.709. The second-order valence-corrected chi connectivity index (χ2v) is 6.56. The van der Waals surface area contributed by atoms with Gasteiger partial charge in [0.1, 0.15) is 5.82 Å². The highest BCUT2D eigenvalue weighted by atomic mass is 16.5. The van der Waals surface area contributed by atoms with Crippen LogP contribution in [0.25, 0.3) is 10.9 Å². The molecule has 4 rings (SSSR count). The minimum atomic E-state index is 0.157. The van der Waals surface area contributed by atoms with Crippen molar-refractivity contribution in [2.45, 2.75) is 13.0 Å². The fourth-order valence-corrected chi connectivity index (χ4v) is 3.54. The molecule has 3 N–H and O–H groups in total. The van der Waals surface area contributed by atoms with Gasteiger partial charge in [-0.1, -0.05) is 6.07 Å². The highest BCUT2D eigenvalue weighted by molar-refractivity contribution is 5.91. The lowest BCUT2D eigenvalue weighted by Gasteiger charge is -2.30. The summed E-state index contributed by atoms with van der Waals surface area (Å²) in [7, 11) is 4.69. The Bertz CT molecular complexity index is 1050. The van der Waals surface area contributed by atoms with Crippen LogP contribution in [0, 0.1) is 0 Å². The molecule has 0 radical (unpaired) electrons. The van der Waals surface area contributed by atoms with Gasteiger partial charge >= 0.3 is 0 Å². The van der Waals surface area contributed by atoms with Gasteiger partial charge in [0.15, 0.2) is 23.0 Å².